The maximum atomic E-state index is 13.0. The SMILES string of the molecule is N#Cc1ccc(-n2ncc3c(NC(=O)c4ccc([N+](=O)[O-])s4)nc(-n4ccc(C(=O)OCCO)c4)nc32)cc1. The fourth-order valence-corrected chi connectivity index (χ4v) is 4.27. The van der Waals surface area contributed by atoms with E-state index in [0.29, 0.717) is 33.6 Å². The van der Waals surface area contributed by atoms with Crippen molar-refractivity contribution in [2.24, 2.45) is 0 Å². The number of rotatable bonds is 8. The van der Waals surface area contributed by atoms with E-state index in [2.05, 4.69) is 20.4 Å². The molecule has 39 heavy (non-hydrogen) atoms. The fraction of sp³-hybridized carbons (Fsp3) is 0.0833. The molecule has 1 amide bonds. The van der Waals surface area contributed by atoms with Gasteiger partial charge in [0.2, 0.25) is 5.95 Å². The lowest BCUT2D eigenvalue weighted by atomic mass is 10.2. The molecule has 0 aliphatic heterocycles. The molecule has 0 saturated heterocycles. The summed E-state index contributed by atoms with van der Waals surface area (Å²) in [6.45, 7) is -0.477. The first-order valence-electron chi connectivity index (χ1n) is 11.2. The van der Waals surface area contributed by atoms with Gasteiger partial charge in [0.15, 0.2) is 5.65 Å². The first-order chi connectivity index (χ1) is 18.9. The molecule has 5 rings (SSSR count). The first-order valence-corrected chi connectivity index (χ1v) is 12.0. The van der Waals surface area contributed by atoms with E-state index in [0.717, 1.165) is 0 Å². The number of thiophene rings is 1. The molecule has 5 aromatic rings. The molecule has 0 unspecified atom stereocenters. The molecular formula is C24H16N8O6S. The Morgan fingerprint density at radius 3 is 2.67 bits per heavy atom. The monoisotopic (exact) mass is 544 g/mol. The Balaban J connectivity index is 1.58. The minimum Gasteiger partial charge on any atom is -0.460 e. The van der Waals surface area contributed by atoms with Crippen molar-refractivity contribution in [1.29, 1.82) is 5.26 Å². The Labute approximate surface area is 222 Å². The highest BCUT2D eigenvalue weighted by molar-refractivity contribution is 7.17. The summed E-state index contributed by atoms with van der Waals surface area (Å²) in [5.41, 5.74) is 1.52. The van der Waals surface area contributed by atoms with Crippen LogP contribution in [-0.2, 0) is 4.74 Å². The van der Waals surface area contributed by atoms with Crippen LogP contribution >= 0.6 is 11.3 Å². The number of benzene rings is 1. The number of hydrogen-bond donors (Lipinski definition) is 2. The standard InChI is InChI=1S/C24H16N8O6S/c25-11-14-1-3-16(4-2-14)31-21-17(12-26-31)20(27-22(34)18-5-6-19(39-18)32(36)37)28-24(29-21)30-8-7-15(13-30)23(35)38-10-9-33/h1-8,12-13,33H,9-10H2,(H,27,28,29,34). The van der Waals surface area contributed by atoms with Crippen molar-refractivity contribution in [2.45, 2.75) is 0 Å². The van der Waals surface area contributed by atoms with Gasteiger partial charge in [0, 0.05) is 18.5 Å². The zero-order chi connectivity index (χ0) is 27.5. The zero-order valence-corrected chi connectivity index (χ0v) is 20.5. The van der Waals surface area contributed by atoms with Crippen molar-refractivity contribution < 1.29 is 24.4 Å². The van der Waals surface area contributed by atoms with Crippen LogP contribution in [0.2, 0.25) is 0 Å². The Morgan fingerprint density at radius 1 is 1.18 bits per heavy atom. The number of nitrogens with one attached hydrogen (secondary N) is 1. The molecular weight excluding hydrogens is 528 g/mol. The smallest absolute Gasteiger partial charge is 0.339 e. The molecule has 0 radical (unpaired) electrons. The molecule has 0 atom stereocenters. The fourth-order valence-electron chi connectivity index (χ4n) is 3.55. The van der Waals surface area contributed by atoms with Gasteiger partial charge in [-0.1, -0.05) is 11.3 Å². The molecule has 0 aliphatic rings. The lowest BCUT2D eigenvalue weighted by molar-refractivity contribution is -0.380. The molecule has 2 N–H and O–H groups in total. The van der Waals surface area contributed by atoms with Crippen LogP contribution in [0.25, 0.3) is 22.7 Å². The van der Waals surface area contributed by atoms with Crippen LogP contribution in [0, 0.1) is 21.4 Å². The molecule has 15 heteroatoms. The lowest BCUT2D eigenvalue weighted by Gasteiger charge is -2.09. The van der Waals surface area contributed by atoms with Crippen LogP contribution in [0.1, 0.15) is 25.6 Å². The third-order valence-electron chi connectivity index (χ3n) is 5.37. The highest BCUT2D eigenvalue weighted by Gasteiger charge is 2.21. The van der Waals surface area contributed by atoms with Crippen molar-refractivity contribution >= 4 is 45.1 Å². The van der Waals surface area contributed by atoms with Gasteiger partial charge in [0.1, 0.15) is 12.4 Å². The van der Waals surface area contributed by atoms with Crippen LogP contribution in [0.15, 0.2) is 61.1 Å². The van der Waals surface area contributed by atoms with E-state index >= 15 is 0 Å². The second kappa shape index (κ2) is 10.5. The van der Waals surface area contributed by atoms with E-state index in [-0.39, 0.29) is 40.4 Å². The second-order valence-electron chi connectivity index (χ2n) is 7.84. The number of aliphatic hydroxyl groups is 1. The van der Waals surface area contributed by atoms with E-state index in [1.165, 1.54) is 46.0 Å². The molecule has 0 fully saturated rings. The van der Waals surface area contributed by atoms with E-state index in [1.54, 1.807) is 24.3 Å². The number of hydrogen-bond acceptors (Lipinski definition) is 11. The van der Waals surface area contributed by atoms with Gasteiger partial charge in [-0.15, -0.1) is 0 Å². The minimum atomic E-state index is -0.653. The quantitative estimate of drug-likeness (QED) is 0.167. The van der Waals surface area contributed by atoms with Gasteiger partial charge in [0.05, 0.1) is 50.9 Å². The van der Waals surface area contributed by atoms with E-state index in [4.69, 9.17) is 15.1 Å². The predicted molar refractivity (Wildman–Crippen MR) is 137 cm³/mol. The van der Waals surface area contributed by atoms with Gasteiger partial charge in [-0.05, 0) is 36.4 Å². The maximum Gasteiger partial charge on any atom is 0.339 e. The second-order valence-corrected chi connectivity index (χ2v) is 8.90. The van der Waals surface area contributed by atoms with Gasteiger partial charge in [-0.2, -0.15) is 20.3 Å². The van der Waals surface area contributed by atoms with Crippen molar-refractivity contribution in [3.8, 4) is 17.7 Å². The third kappa shape index (κ3) is 5.05. The van der Waals surface area contributed by atoms with Crippen molar-refractivity contribution in [3.05, 3.63) is 87.2 Å². The number of esters is 1. The molecule has 4 aromatic heterocycles. The van der Waals surface area contributed by atoms with Crippen LogP contribution < -0.4 is 5.32 Å². The average Bonchev–Trinajstić information content (AvgIpc) is 3.71. The summed E-state index contributed by atoms with van der Waals surface area (Å²) in [5.74, 6) is -1.12. The molecule has 0 spiro atoms. The van der Waals surface area contributed by atoms with E-state index in [9.17, 15) is 19.7 Å². The summed E-state index contributed by atoms with van der Waals surface area (Å²) in [6.07, 6.45) is 4.40. The molecule has 1 aromatic carbocycles. The number of carbonyl (C=O) groups is 2. The predicted octanol–water partition coefficient (Wildman–Crippen LogP) is 2.85. The number of nitro groups is 1. The summed E-state index contributed by atoms with van der Waals surface area (Å²) < 4.78 is 7.87. The Bertz CT molecular complexity index is 1770. The van der Waals surface area contributed by atoms with E-state index < -0.39 is 16.8 Å². The van der Waals surface area contributed by atoms with Crippen molar-refractivity contribution in [3.63, 3.8) is 0 Å². The Morgan fingerprint density at radius 2 is 1.97 bits per heavy atom. The number of ether oxygens (including phenoxy) is 1. The van der Waals surface area contributed by atoms with Gasteiger partial charge in [-0.3, -0.25) is 19.5 Å². The highest BCUT2D eigenvalue weighted by atomic mass is 32.1. The van der Waals surface area contributed by atoms with Crippen molar-refractivity contribution in [1.82, 2.24) is 24.3 Å². The molecule has 14 nitrogen and oxygen atoms in total. The lowest BCUT2D eigenvalue weighted by Crippen LogP contribution is -2.14. The average molecular weight is 545 g/mol. The van der Waals surface area contributed by atoms with Crippen LogP contribution in [0.4, 0.5) is 10.8 Å². The first kappa shape index (κ1) is 25.2. The van der Waals surface area contributed by atoms with Gasteiger partial charge < -0.3 is 15.2 Å². The molecule has 194 valence electrons. The third-order valence-corrected chi connectivity index (χ3v) is 6.40. The summed E-state index contributed by atoms with van der Waals surface area (Å²) in [7, 11) is 0. The molecule has 4 heterocycles. The number of aromatic nitrogens is 5. The van der Waals surface area contributed by atoms with Gasteiger partial charge in [-0.25, -0.2) is 9.48 Å². The number of anilines is 1. The molecule has 0 saturated carbocycles. The summed E-state index contributed by atoms with van der Waals surface area (Å²) in [4.78, 5) is 44.8. The molecule has 0 bridgehead atoms. The minimum absolute atomic E-state index is 0.0755. The van der Waals surface area contributed by atoms with Gasteiger partial charge >= 0.3 is 11.0 Å². The number of nitrogens with zero attached hydrogens (tertiary/aromatic N) is 7. The topological polar surface area (TPSA) is 191 Å². The largest absolute Gasteiger partial charge is 0.460 e. The normalized spacial score (nSPS) is 10.8. The number of amides is 1. The zero-order valence-electron chi connectivity index (χ0n) is 19.7. The number of aliphatic hydroxyl groups excluding tert-OH is 1. The molecule has 0 aliphatic carbocycles. The van der Waals surface area contributed by atoms with Crippen molar-refractivity contribution in [2.75, 3.05) is 18.5 Å². The summed E-state index contributed by atoms with van der Waals surface area (Å²) >= 11 is 0.717. The Hall–Kier alpha value is -5.46. The summed E-state index contributed by atoms with van der Waals surface area (Å²) in [5, 5.41) is 36.3. The number of fused-ring (bicyclic) bond motifs is 1. The number of nitriles is 1. The van der Waals surface area contributed by atoms with Crippen LogP contribution in [0.3, 0.4) is 0 Å². The van der Waals surface area contributed by atoms with Crippen LogP contribution in [-0.4, -0.2) is 59.4 Å². The maximum absolute atomic E-state index is 13.0. The van der Waals surface area contributed by atoms with Gasteiger partial charge in [0.25, 0.3) is 5.91 Å². The van der Waals surface area contributed by atoms with E-state index in [1.807, 2.05) is 6.07 Å². The Kier molecular flexibility index (Phi) is 6.78. The highest BCUT2D eigenvalue weighted by Crippen LogP contribution is 2.28. The van der Waals surface area contributed by atoms with Crippen LogP contribution in [0.5, 0.6) is 0 Å². The summed E-state index contributed by atoms with van der Waals surface area (Å²) in [6, 6.07) is 12.7. The number of carbonyl (C=O) groups excluding carboxylic acids is 2.